The molecule has 1 aromatic heterocycles. The molecule has 1 atom stereocenters. The van der Waals surface area contributed by atoms with E-state index in [-0.39, 0.29) is 17.8 Å². The first kappa shape index (κ1) is 12.4. The van der Waals surface area contributed by atoms with Crippen LogP contribution in [0.3, 0.4) is 0 Å². The van der Waals surface area contributed by atoms with Gasteiger partial charge in [0.25, 0.3) is 5.91 Å². The standard InChI is InChI=1S/C12H13ClN4O/c1-7(8-2-4-9(13)5-3-8)16-12(18)10-6-15-17-11(10)14/h2-7H,1H3,(H,16,18)(H3,14,15,17). The first-order valence-corrected chi connectivity index (χ1v) is 5.81. The Hall–Kier alpha value is -2.01. The number of H-pyrrole nitrogens is 1. The van der Waals surface area contributed by atoms with Gasteiger partial charge in [-0.3, -0.25) is 9.89 Å². The van der Waals surface area contributed by atoms with Crippen molar-refractivity contribution in [3.63, 3.8) is 0 Å². The molecule has 0 fully saturated rings. The van der Waals surface area contributed by atoms with Gasteiger partial charge in [0, 0.05) is 5.02 Å². The monoisotopic (exact) mass is 264 g/mol. The van der Waals surface area contributed by atoms with E-state index in [4.69, 9.17) is 17.3 Å². The van der Waals surface area contributed by atoms with Crippen molar-refractivity contribution in [1.29, 1.82) is 0 Å². The van der Waals surface area contributed by atoms with Gasteiger partial charge in [-0.05, 0) is 24.6 Å². The predicted octanol–water partition coefficient (Wildman–Crippen LogP) is 2.14. The number of aromatic amines is 1. The molecule has 0 saturated heterocycles. The average molecular weight is 265 g/mol. The first-order valence-electron chi connectivity index (χ1n) is 5.43. The van der Waals surface area contributed by atoms with E-state index in [0.717, 1.165) is 5.56 Å². The molecule has 1 aromatic carbocycles. The largest absolute Gasteiger partial charge is 0.383 e. The fourth-order valence-electron chi connectivity index (χ4n) is 1.59. The summed E-state index contributed by atoms with van der Waals surface area (Å²) < 4.78 is 0. The van der Waals surface area contributed by atoms with E-state index in [1.54, 1.807) is 12.1 Å². The highest BCUT2D eigenvalue weighted by Gasteiger charge is 2.14. The Morgan fingerprint density at radius 1 is 1.44 bits per heavy atom. The van der Waals surface area contributed by atoms with Gasteiger partial charge in [0.05, 0.1) is 12.2 Å². The number of nitrogens with two attached hydrogens (primary N) is 1. The molecule has 1 amide bonds. The summed E-state index contributed by atoms with van der Waals surface area (Å²) in [5.74, 6) is -0.000457. The lowest BCUT2D eigenvalue weighted by Gasteiger charge is -2.13. The minimum absolute atomic E-state index is 0.135. The molecule has 5 nitrogen and oxygen atoms in total. The maximum atomic E-state index is 11.9. The van der Waals surface area contributed by atoms with Gasteiger partial charge in [-0.15, -0.1) is 0 Å². The van der Waals surface area contributed by atoms with Gasteiger partial charge in [0.1, 0.15) is 11.4 Å². The molecule has 4 N–H and O–H groups in total. The van der Waals surface area contributed by atoms with Crippen molar-refractivity contribution in [3.05, 3.63) is 46.6 Å². The van der Waals surface area contributed by atoms with E-state index in [9.17, 15) is 4.79 Å². The normalized spacial score (nSPS) is 12.1. The maximum absolute atomic E-state index is 11.9. The SMILES string of the molecule is CC(NC(=O)c1cn[nH]c1N)c1ccc(Cl)cc1. The Kier molecular flexibility index (Phi) is 3.53. The van der Waals surface area contributed by atoms with Crippen molar-refractivity contribution >= 4 is 23.3 Å². The topological polar surface area (TPSA) is 83.8 Å². The van der Waals surface area contributed by atoms with Gasteiger partial charge in [0.15, 0.2) is 0 Å². The number of hydrogen-bond donors (Lipinski definition) is 3. The Bertz CT molecular complexity index is 549. The van der Waals surface area contributed by atoms with Gasteiger partial charge in [-0.25, -0.2) is 0 Å². The predicted molar refractivity (Wildman–Crippen MR) is 70.3 cm³/mol. The number of hydrogen-bond acceptors (Lipinski definition) is 3. The molecule has 0 aliphatic carbocycles. The van der Waals surface area contributed by atoms with E-state index < -0.39 is 0 Å². The van der Waals surface area contributed by atoms with Crippen LogP contribution in [0.25, 0.3) is 0 Å². The third-order valence-electron chi connectivity index (χ3n) is 2.63. The lowest BCUT2D eigenvalue weighted by atomic mass is 10.1. The second-order valence-electron chi connectivity index (χ2n) is 3.94. The quantitative estimate of drug-likeness (QED) is 0.794. The highest BCUT2D eigenvalue weighted by atomic mass is 35.5. The second-order valence-corrected chi connectivity index (χ2v) is 4.38. The highest BCUT2D eigenvalue weighted by molar-refractivity contribution is 6.30. The summed E-state index contributed by atoms with van der Waals surface area (Å²) in [7, 11) is 0. The van der Waals surface area contributed by atoms with Crippen LogP contribution in [0, 0.1) is 0 Å². The van der Waals surface area contributed by atoms with Crippen molar-refractivity contribution in [2.45, 2.75) is 13.0 Å². The number of benzene rings is 1. The van der Waals surface area contributed by atoms with Crippen LogP contribution in [0.2, 0.25) is 5.02 Å². The number of halogens is 1. The fraction of sp³-hybridized carbons (Fsp3) is 0.167. The fourth-order valence-corrected chi connectivity index (χ4v) is 1.71. The summed E-state index contributed by atoms with van der Waals surface area (Å²) in [6.45, 7) is 1.89. The number of nitrogens with zero attached hydrogens (tertiary/aromatic N) is 1. The Labute approximate surface area is 109 Å². The van der Waals surface area contributed by atoms with Gasteiger partial charge in [-0.2, -0.15) is 5.10 Å². The van der Waals surface area contributed by atoms with Crippen LogP contribution < -0.4 is 11.1 Å². The molecule has 94 valence electrons. The molecule has 0 radical (unpaired) electrons. The molecule has 6 heteroatoms. The number of amides is 1. The van der Waals surface area contributed by atoms with Crippen LogP contribution >= 0.6 is 11.6 Å². The Balaban J connectivity index is 2.08. The lowest BCUT2D eigenvalue weighted by molar-refractivity contribution is 0.0941. The summed E-state index contributed by atoms with van der Waals surface area (Å²) in [4.78, 5) is 11.9. The summed E-state index contributed by atoms with van der Waals surface area (Å²) in [6, 6.07) is 7.17. The zero-order chi connectivity index (χ0) is 13.1. The van der Waals surface area contributed by atoms with E-state index in [2.05, 4.69) is 15.5 Å². The summed E-state index contributed by atoms with van der Waals surface area (Å²) in [5.41, 5.74) is 6.89. The number of carbonyl (C=O) groups excluding carboxylic acids is 1. The lowest BCUT2D eigenvalue weighted by Crippen LogP contribution is -2.26. The van der Waals surface area contributed by atoms with Crippen LogP contribution in [0.5, 0.6) is 0 Å². The van der Waals surface area contributed by atoms with E-state index >= 15 is 0 Å². The van der Waals surface area contributed by atoms with E-state index in [1.807, 2.05) is 19.1 Å². The number of nitrogen functional groups attached to an aromatic ring is 1. The van der Waals surface area contributed by atoms with E-state index in [0.29, 0.717) is 10.6 Å². The maximum Gasteiger partial charge on any atom is 0.257 e. The first-order chi connectivity index (χ1) is 8.58. The summed E-state index contributed by atoms with van der Waals surface area (Å²) >= 11 is 5.81. The van der Waals surface area contributed by atoms with Gasteiger partial charge in [0.2, 0.25) is 0 Å². The third-order valence-corrected chi connectivity index (χ3v) is 2.88. The van der Waals surface area contributed by atoms with Crippen molar-refractivity contribution in [1.82, 2.24) is 15.5 Å². The number of anilines is 1. The molecule has 0 bridgehead atoms. The molecular formula is C12H13ClN4O. The van der Waals surface area contributed by atoms with E-state index in [1.165, 1.54) is 6.20 Å². The summed E-state index contributed by atoms with van der Waals surface area (Å²) in [6.07, 6.45) is 1.40. The number of aromatic nitrogens is 2. The minimum atomic E-state index is -0.260. The van der Waals surface area contributed by atoms with Crippen molar-refractivity contribution in [2.24, 2.45) is 0 Å². The second kappa shape index (κ2) is 5.10. The van der Waals surface area contributed by atoms with Gasteiger partial charge < -0.3 is 11.1 Å². The molecular weight excluding hydrogens is 252 g/mol. The molecule has 0 spiro atoms. The van der Waals surface area contributed by atoms with Crippen molar-refractivity contribution in [3.8, 4) is 0 Å². The van der Waals surface area contributed by atoms with Gasteiger partial charge >= 0.3 is 0 Å². The zero-order valence-electron chi connectivity index (χ0n) is 9.77. The van der Waals surface area contributed by atoms with Crippen LogP contribution in [0.1, 0.15) is 28.9 Å². The molecule has 0 aliphatic heterocycles. The number of nitrogens with one attached hydrogen (secondary N) is 2. The Morgan fingerprint density at radius 3 is 2.67 bits per heavy atom. The molecule has 2 aromatic rings. The molecule has 18 heavy (non-hydrogen) atoms. The average Bonchev–Trinajstić information content (AvgIpc) is 2.76. The van der Waals surface area contributed by atoms with Crippen LogP contribution in [0.4, 0.5) is 5.82 Å². The van der Waals surface area contributed by atoms with Crippen LogP contribution in [-0.4, -0.2) is 16.1 Å². The van der Waals surface area contributed by atoms with Crippen LogP contribution in [-0.2, 0) is 0 Å². The third kappa shape index (κ3) is 2.62. The van der Waals surface area contributed by atoms with Crippen molar-refractivity contribution < 1.29 is 4.79 Å². The Morgan fingerprint density at radius 2 is 2.11 bits per heavy atom. The zero-order valence-corrected chi connectivity index (χ0v) is 10.5. The molecule has 2 rings (SSSR count). The molecule has 0 aliphatic rings. The van der Waals surface area contributed by atoms with Crippen LogP contribution in [0.15, 0.2) is 30.5 Å². The summed E-state index contributed by atoms with van der Waals surface area (Å²) in [5, 5.41) is 9.73. The number of rotatable bonds is 3. The molecule has 0 saturated carbocycles. The number of carbonyl (C=O) groups is 1. The molecule has 1 unspecified atom stereocenters. The van der Waals surface area contributed by atoms with Crippen molar-refractivity contribution in [2.75, 3.05) is 5.73 Å². The highest BCUT2D eigenvalue weighted by Crippen LogP contribution is 2.17. The smallest absolute Gasteiger partial charge is 0.257 e. The molecule has 1 heterocycles. The van der Waals surface area contributed by atoms with Gasteiger partial charge in [-0.1, -0.05) is 23.7 Å². The minimum Gasteiger partial charge on any atom is -0.383 e.